The standard InChI is InChI=1S/C20H26BrNO4/c1-13-6-5-7-14(2)22(13)20(24)15(3)26-19(23)11-8-16-12-17(21)9-10-18(16)25-4/h8-15H,5-7H2,1-4H3/b11-8+/t13-,14-,15+/m0/s1. The molecular weight excluding hydrogens is 398 g/mol. The van der Waals surface area contributed by atoms with E-state index >= 15 is 0 Å². The van der Waals surface area contributed by atoms with Gasteiger partial charge in [-0.2, -0.15) is 0 Å². The molecule has 1 fully saturated rings. The summed E-state index contributed by atoms with van der Waals surface area (Å²) in [4.78, 5) is 26.7. The van der Waals surface area contributed by atoms with Crippen LogP contribution >= 0.6 is 15.9 Å². The van der Waals surface area contributed by atoms with Crippen molar-refractivity contribution in [3.63, 3.8) is 0 Å². The average Bonchev–Trinajstić information content (AvgIpc) is 2.59. The van der Waals surface area contributed by atoms with Gasteiger partial charge in [0.05, 0.1) is 7.11 Å². The summed E-state index contributed by atoms with van der Waals surface area (Å²) in [6, 6.07) is 5.85. The SMILES string of the molecule is COc1ccc(Br)cc1/C=C/C(=O)O[C@H](C)C(=O)N1[C@@H](C)CCC[C@@H]1C. The number of carbonyl (C=O) groups is 2. The number of carbonyl (C=O) groups excluding carboxylic acids is 2. The van der Waals surface area contributed by atoms with Crippen molar-refractivity contribution in [1.29, 1.82) is 0 Å². The number of hydrogen-bond donors (Lipinski definition) is 0. The van der Waals surface area contributed by atoms with E-state index in [1.54, 1.807) is 26.2 Å². The lowest BCUT2D eigenvalue weighted by Crippen LogP contribution is -2.51. The highest BCUT2D eigenvalue weighted by Gasteiger charge is 2.32. The molecule has 0 aromatic heterocycles. The first-order valence-electron chi connectivity index (χ1n) is 8.88. The molecule has 0 spiro atoms. The molecule has 1 aliphatic heterocycles. The molecule has 1 aromatic rings. The van der Waals surface area contributed by atoms with Crippen LogP contribution in [-0.4, -0.2) is 42.1 Å². The van der Waals surface area contributed by atoms with Crippen molar-refractivity contribution in [1.82, 2.24) is 4.90 Å². The summed E-state index contributed by atoms with van der Waals surface area (Å²) in [5.74, 6) is -0.0333. The number of hydrogen-bond acceptors (Lipinski definition) is 4. The van der Waals surface area contributed by atoms with Gasteiger partial charge in [0.2, 0.25) is 0 Å². The van der Waals surface area contributed by atoms with Gasteiger partial charge in [-0.3, -0.25) is 4.79 Å². The Morgan fingerprint density at radius 1 is 1.27 bits per heavy atom. The van der Waals surface area contributed by atoms with E-state index in [9.17, 15) is 9.59 Å². The van der Waals surface area contributed by atoms with E-state index in [0.717, 1.165) is 29.3 Å². The molecule has 26 heavy (non-hydrogen) atoms. The second-order valence-corrected chi connectivity index (χ2v) is 7.59. The van der Waals surface area contributed by atoms with Gasteiger partial charge >= 0.3 is 5.97 Å². The normalized spacial score (nSPS) is 21.5. The molecular formula is C20H26BrNO4. The Labute approximate surface area is 163 Å². The number of esters is 1. The van der Waals surface area contributed by atoms with Crippen LogP contribution in [0.2, 0.25) is 0 Å². The Morgan fingerprint density at radius 2 is 1.92 bits per heavy atom. The minimum atomic E-state index is -0.806. The van der Waals surface area contributed by atoms with Crippen molar-refractivity contribution in [3.05, 3.63) is 34.3 Å². The monoisotopic (exact) mass is 423 g/mol. The number of amides is 1. The first-order valence-corrected chi connectivity index (χ1v) is 9.67. The summed E-state index contributed by atoms with van der Waals surface area (Å²) in [5, 5.41) is 0. The highest BCUT2D eigenvalue weighted by atomic mass is 79.9. The van der Waals surface area contributed by atoms with Crippen LogP contribution in [0.15, 0.2) is 28.7 Å². The van der Waals surface area contributed by atoms with Gasteiger partial charge in [0.25, 0.3) is 5.91 Å². The highest BCUT2D eigenvalue weighted by molar-refractivity contribution is 9.10. The smallest absolute Gasteiger partial charge is 0.331 e. The van der Waals surface area contributed by atoms with E-state index < -0.39 is 12.1 Å². The molecule has 0 radical (unpaired) electrons. The predicted molar refractivity (Wildman–Crippen MR) is 105 cm³/mol. The number of benzene rings is 1. The summed E-state index contributed by atoms with van der Waals surface area (Å²) in [6.45, 7) is 5.71. The fourth-order valence-electron chi connectivity index (χ4n) is 3.32. The predicted octanol–water partition coefficient (Wildman–Crippen LogP) is 4.19. The highest BCUT2D eigenvalue weighted by Crippen LogP contribution is 2.25. The maximum Gasteiger partial charge on any atom is 0.331 e. The molecule has 1 saturated heterocycles. The third-order valence-corrected chi connectivity index (χ3v) is 5.17. The van der Waals surface area contributed by atoms with Crippen LogP contribution in [0.3, 0.4) is 0 Å². The summed E-state index contributed by atoms with van der Waals surface area (Å²) in [7, 11) is 1.57. The fourth-order valence-corrected chi connectivity index (χ4v) is 3.70. The first-order chi connectivity index (χ1) is 12.3. The van der Waals surface area contributed by atoms with E-state index in [4.69, 9.17) is 9.47 Å². The van der Waals surface area contributed by atoms with Gasteiger partial charge in [-0.15, -0.1) is 0 Å². The van der Waals surface area contributed by atoms with E-state index in [1.807, 2.05) is 30.9 Å². The molecule has 0 aliphatic carbocycles. The van der Waals surface area contributed by atoms with Crippen molar-refractivity contribution in [3.8, 4) is 5.75 Å². The van der Waals surface area contributed by atoms with Gasteiger partial charge in [-0.05, 0) is 64.3 Å². The number of rotatable bonds is 5. The third-order valence-electron chi connectivity index (χ3n) is 4.68. The molecule has 142 valence electrons. The van der Waals surface area contributed by atoms with Crippen LogP contribution in [0.1, 0.15) is 45.6 Å². The molecule has 5 nitrogen and oxygen atoms in total. The summed E-state index contributed by atoms with van der Waals surface area (Å²) in [5.41, 5.74) is 0.746. The Bertz CT molecular complexity index is 678. The number of methoxy groups -OCH3 is 1. The molecule has 6 heteroatoms. The lowest BCUT2D eigenvalue weighted by atomic mass is 9.97. The molecule has 3 atom stereocenters. The van der Waals surface area contributed by atoms with E-state index in [0.29, 0.717) is 5.75 Å². The third kappa shape index (κ3) is 5.10. The molecule has 1 heterocycles. The summed E-state index contributed by atoms with van der Waals surface area (Å²) in [6.07, 6.45) is 5.22. The number of ether oxygens (including phenoxy) is 2. The van der Waals surface area contributed by atoms with Gasteiger partial charge in [-0.25, -0.2) is 4.79 Å². The van der Waals surface area contributed by atoms with Crippen molar-refractivity contribution in [2.45, 2.75) is 58.2 Å². The van der Waals surface area contributed by atoms with Gasteiger partial charge in [-0.1, -0.05) is 15.9 Å². The number of piperidine rings is 1. The van der Waals surface area contributed by atoms with Crippen molar-refractivity contribution < 1.29 is 19.1 Å². The Kier molecular flexibility index (Phi) is 7.26. The van der Waals surface area contributed by atoms with Crippen molar-refractivity contribution in [2.24, 2.45) is 0 Å². The molecule has 2 rings (SSSR count). The molecule has 1 amide bonds. The number of nitrogens with zero attached hydrogens (tertiary/aromatic N) is 1. The van der Waals surface area contributed by atoms with Crippen LogP contribution in [0.4, 0.5) is 0 Å². The van der Waals surface area contributed by atoms with Crippen LogP contribution in [0.5, 0.6) is 5.75 Å². The maximum atomic E-state index is 12.7. The number of likely N-dealkylation sites (tertiary alicyclic amines) is 1. The lowest BCUT2D eigenvalue weighted by Gasteiger charge is -2.40. The van der Waals surface area contributed by atoms with Gasteiger partial charge in [0.15, 0.2) is 6.10 Å². The van der Waals surface area contributed by atoms with E-state index in [2.05, 4.69) is 15.9 Å². The van der Waals surface area contributed by atoms with Crippen molar-refractivity contribution in [2.75, 3.05) is 7.11 Å². The number of halogens is 1. The Balaban J connectivity index is 2.00. The topological polar surface area (TPSA) is 55.8 Å². The fraction of sp³-hybridized carbons (Fsp3) is 0.500. The molecule has 0 unspecified atom stereocenters. The van der Waals surface area contributed by atoms with Gasteiger partial charge in [0, 0.05) is 28.2 Å². The Morgan fingerprint density at radius 3 is 2.54 bits per heavy atom. The average molecular weight is 424 g/mol. The minimum absolute atomic E-state index is 0.133. The molecule has 1 aromatic carbocycles. The first kappa shape index (κ1) is 20.5. The second kappa shape index (κ2) is 9.21. The van der Waals surface area contributed by atoms with Crippen LogP contribution in [0.25, 0.3) is 6.08 Å². The maximum absolute atomic E-state index is 12.7. The molecule has 1 aliphatic rings. The largest absolute Gasteiger partial charge is 0.496 e. The molecule has 0 saturated carbocycles. The summed E-state index contributed by atoms with van der Waals surface area (Å²) < 4.78 is 11.5. The second-order valence-electron chi connectivity index (χ2n) is 6.67. The van der Waals surface area contributed by atoms with Gasteiger partial charge in [0.1, 0.15) is 5.75 Å². The zero-order valence-corrected chi connectivity index (χ0v) is 17.3. The van der Waals surface area contributed by atoms with E-state index in [1.165, 1.54) is 6.08 Å². The van der Waals surface area contributed by atoms with Crippen molar-refractivity contribution >= 4 is 33.9 Å². The molecule has 0 bridgehead atoms. The molecule has 0 N–H and O–H groups in total. The Hall–Kier alpha value is -1.82. The lowest BCUT2D eigenvalue weighted by molar-refractivity contribution is -0.158. The minimum Gasteiger partial charge on any atom is -0.496 e. The zero-order valence-electron chi connectivity index (χ0n) is 15.7. The van der Waals surface area contributed by atoms with Crippen LogP contribution in [0, 0.1) is 0 Å². The zero-order chi connectivity index (χ0) is 19.3. The van der Waals surface area contributed by atoms with Crippen LogP contribution < -0.4 is 4.74 Å². The van der Waals surface area contributed by atoms with Gasteiger partial charge < -0.3 is 14.4 Å². The quantitative estimate of drug-likeness (QED) is 0.526. The van der Waals surface area contributed by atoms with Crippen LogP contribution in [-0.2, 0) is 14.3 Å². The summed E-state index contributed by atoms with van der Waals surface area (Å²) >= 11 is 3.39. The van der Waals surface area contributed by atoms with E-state index in [-0.39, 0.29) is 18.0 Å².